The summed E-state index contributed by atoms with van der Waals surface area (Å²) in [4.78, 5) is 5.89. The first-order chi connectivity index (χ1) is 17.7. The van der Waals surface area contributed by atoms with Crippen molar-refractivity contribution in [3.05, 3.63) is 115 Å². The smallest absolute Gasteiger partial charge is 0.195 e. The zero-order chi connectivity index (χ0) is 23.8. The lowest BCUT2D eigenvalue weighted by molar-refractivity contribution is 1.17. The van der Waals surface area contributed by atoms with E-state index in [1.165, 1.54) is 54.4 Å². The van der Waals surface area contributed by atoms with Gasteiger partial charge in [-0.2, -0.15) is 0 Å². The maximum Gasteiger partial charge on any atom is 0.195 e. The van der Waals surface area contributed by atoms with Gasteiger partial charge < -0.3 is 4.57 Å². The number of benzene rings is 5. The van der Waals surface area contributed by atoms with E-state index in [1.807, 2.05) is 0 Å². The number of thiazole rings is 1. The minimum Gasteiger partial charge on any atom is -0.309 e. The predicted molar refractivity (Wildman–Crippen MR) is 153 cm³/mol. The number of aryl methyl sites for hydroxylation is 1. The van der Waals surface area contributed by atoms with E-state index < -0.39 is 0 Å². The van der Waals surface area contributed by atoms with Gasteiger partial charge in [0.2, 0.25) is 0 Å². The number of hydrogen-bond acceptors (Lipinski definition) is 2. The third kappa shape index (κ3) is 2.76. The molecular weight excluding hydrogens is 458 g/mol. The van der Waals surface area contributed by atoms with E-state index in [1.54, 1.807) is 11.3 Å². The average molecular weight is 480 g/mol. The fourth-order valence-electron chi connectivity index (χ4n) is 5.56. The molecule has 3 nitrogen and oxygen atoms in total. The largest absolute Gasteiger partial charge is 0.309 e. The zero-order valence-corrected chi connectivity index (χ0v) is 20.5. The van der Waals surface area contributed by atoms with Gasteiger partial charge in [0.25, 0.3) is 0 Å². The highest BCUT2D eigenvalue weighted by Crippen LogP contribution is 2.37. The summed E-state index contributed by atoms with van der Waals surface area (Å²) in [6.07, 6.45) is 0. The molecule has 0 unspecified atom stereocenters. The highest BCUT2D eigenvalue weighted by atomic mass is 32.1. The summed E-state index contributed by atoms with van der Waals surface area (Å²) in [5.41, 5.74) is 10.8. The Morgan fingerprint density at radius 2 is 1.39 bits per heavy atom. The lowest BCUT2D eigenvalue weighted by Gasteiger charge is -2.09. The third-order valence-electron chi connectivity index (χ3n) is 7.20. The quantitative estimate of drug-likeness (QED) is 0.243. The molecule has 8 rings (SSSR count). The Bertz CT molecular complexity index is 2120. The van der Waals surface area contributed by atoms with Crippen LogP contribution < -0.4 is 0 Å². The van der Waals surface area contributed by atoms with Crippen molar-refractivity contribution in [1.29, 1.82) is 0 Å². The minimum absolute atomic E-state index is 1.04. The summed E-state index contributed by atoms with van der Waals surface area (Å²) in [5, 5.41) is 2.55. The van der Waals surface area contributed by atoms with Crippen molar-refractivity contribution in [2.45, 2.75) is 6.92 Å². The fraction of sp³-hybridized carbons (Fsp3) is 0.0312. The first-order valence-electron chi connectivity index (χ1n) is 12.1. The Kier molecular flexibility index (Phi) is 4.02. The molecule has 0 spiro atoms. The number of hydrogen-bond donors (Lipinski definition) is 0. The summed E-state index contributed by atoms with van der Waals surface area (Å²) in [6.45, 7) is 2.15. The second-order valence-electron chi connectivity index (χ2n) is 9.43. The normalized spacial score (nSPS) is 12.0. The topological polar surface area (TPSA) is 22.2 Å². The number of imidazole rings is 1. The Hall–Kier alpha value is -4.41. The second kappa shape index (κ2) is 7.30. The Morgan fingerprint density at radius 1 is 0.611 bits per heavy atom. The average Bonchev–Trinajstić information content (AvgIpc) is 3.55. The molecule has 36 heavy (non-hydrogen) atoms. The number of nitrogens with zero attached hydrogens (tertiary/aromatic N) is 3. The van der Waals surface area contributed by atoms with Crippen LogP contribution in [0.15, 0.2) is 109 Å². The second-order valence-corrected chi connectivity index (χ2v) is 10.4. The lowest BCUT2D eigenvalue weighted by atomic mass is 10.0. The number of aromatic nitrogens is 3. The predicted octanol–water partition coefficient (Wildman–Crippen LogP) is 8.77. The molecule has 0 amide bonds. The van der Waals surface area contributed by atoms with Gasteiger partial charge in [-0.25, -0.2) is 4.98 Å². The van der Waals surface area contributed by atoms with E-state index >= 15 is 0 Å². The molecule has 170 valence electrons. The monoisotopic (exact) mass is 479 g/mol. The van der Waals surface area contributed by atoms with E-state index in [0.717, 1.165) is 16.0 Å². The lowest BCUT2D eigenvalue weighted by Crippen LogP contribution is -1.94. The molecular formula is C32H21N3S. The van der Waals surface area contributed by atoms with Gasteiger partial charge in [0.05, 0.1) is 32.3 Å². The molecule has 0 N–H and O–H groups in total. The molecule has 0 aliphatic rings. The number of rotatable bonds is 2. The SMILES string of the molecule is Cc1cccc(-n2c3ccccc3c3cc(-c4ccc5sc6nc7ccccc7n6c5c4)ccc32)c1. The van der Waals surface area contributed by atoms with Crippen LogP contribution in [-0.4, -0.2) is 14.0 Å². The van der Waals surface area contributed by atoms with Crippen LogP contribution in [0.4, 0.5) is 0 Å². The highest BCUT2D eigenvalue weighted by Gasteiger charge is 2.15. The van der Waals surface area contributed by atoms with Gasteiger partial charge in [0.1, 0.15) is 0 Å². The van der Waals surface area contributed by atoms with Crippen molar-refractivity contribution in [2.24, 2.45) is 0 Å². The minimum atomic E-state index is 1.04. The molecule has 3 aromatic heterocycles. The van der Waals surface area contributed by atoms with Crippen molar-refractivity contribution in [3.8, 4) is 16.8 Å². The zero-order valence-electron chi connectivity index (χ0n) is 19.6. The summed E-state index contributed by atoms with van der Waals surface area (Å²) in [6, 6.07) is 39.5. The van der Waals surface area contributed by atoms with Crippen LogP contribution in [0.25, 0.3) is 64.8 Å². The van der Waals surface area contributed by atoms with Gasteiger partial charge in [-0.15, -0.1) is 0 Å². The maximum absolute atomic E-state index is 4.85. The first kappa shape index (κ1) is 19.8. The molecule has 3 heterocycles. The molecule has 0 bridgehead atoms. The van der Waals surface area contributed by atoms with Crippen LogP contribution in [-0.2, 0) is 0 Å². The van der Waals surface area contributed by atoms with Crippen molar-refractivity contribution < 1.29 is 0 Å². The fourth-order valence-corrected chi connectivity index (χ4v) is 6.58. The van der Waals surface area contributed by atoms with Crippen LogP contribution in [0.2, 0.25) is 0 Å². The van der Waals surface area contributed by atoms with Crippen molar-refractivity contribution in [2.75, 3.05) is 0 Å². The van der Waals surface area contributed by atoms with Gasteiger partial charge in [-0.05, 0) is 78.2 Å². The molecule has 4 heteroatoms. The standard InChI is InChI=1S/C32H21N3S/c1-20-7-6-8-23(17-20)34-27-11-4-2-9-24(27)25-18-21(13-15-28(25)34)22-14-16-31-30(19-22)35-29-12-5-3-10-26(29)33-32(35)36-31/h2-19H,1H3. The van der Waals surface area contributed by atoms with E-state index in [2.05, 4.69) is 125 Å². The molecule has 0 saturated heterocycles. The van der Waals surface area contributed by atoms with E-state index in [4.69, 9.17) is 4.98 Å². The Morgan fingerprint density at radius 3 is 2.31 bits per heavy atom. The van der Waals surface area contributed by atoms with E-state index in [-0.39, 0.29) is 0 Å². The van der Waals surface area contributed by atoms with Crippen molar-refractivity contribution >= 4 is 59.4 Å². The molecule has 0 atom stereocenters. The molecule has 0 saturated carbocycles. The first-order valence-corrected chi connectivity index (χ1v) is 13.0. The third-order valence-corrected chi connectivity index (χ3v) is 8.22. The number of fused-ring (bicyclic) bond motifs is 8. The van der Waals surface area contributed by atoms with Crippen molar-refractivity contribution in [1.82, 2.24) is 14.0 Å². The molecule has 0 fully saturated rings. The van der Waals surface area contributed by atoms with Crippen LogP contribution in [0.5, 0.6) is 0 Å². The molecule has 0 aliphatic heterocycles. The molecule has 8 aromatic rings. The Labute approximate surface area is 211 Å². The summed E-state index contributed by atoms with van der Waals surface area (Å²) >= 11 is 1.75. The van der Waals surface area contributed by atoms with Gasteiger partial charge in [0, 0.05) is 16.5 Å². The van der Waals surface area contributed by atoms with Crippen LogP contribution in [0.3, 0.4) is 0 Å². The molecule has 0 radical (unpaired) electrons. The van der Waals surface area contributed by atoms with Crippen molar-refractivity contribution in [3.63, 3.8) is 0 Å². The highest BCUT2D eigenvalue weighted by molar-refractivity contribution is 7.23. The maximum atomic E-state index is 4.85. The van der Waals surface area contributed by atoms with Gasteiger partial charge in [-0.1, -0.05) is 65.9 Å². The summed E-state index contributed by atoms with van der Waals surface area (Å²) in [5.74, 6) is 0. The van der Waals surface area contributed by atoms with E-state index in [0.29, 0.717) is 0 Å². The van der Waals surface area contributed by atoms with Crippen LogP contribution in [0.1, 0.15) is 5.56 Å². The van der Waals surface area contributed by atoms with E-state index in [9.17, 15) is 0 Å². The molecule has 5 aromatic carbocycles. The number of para-hydroxylation sites is 3. The molecule has 0 aliphatic carbocycles. The van der Waals surface area contributed by atoms with Gasteiger partial charge in [-0.3, -0.25) is 4.40 Å². The summed E-state index contributed by atoms with van der Waals surface area (Å²) in [7, 11) is 0. The van der Waals surface area contributed by atoms with Gasteiger partial charge >= 0.3 is 0 Å². The Balaban J connectivity index is 1.38. The van der Waals surface area contributed by atoms with Crippen LogP contribution >= 0.6 is 11.3 Å². The van der Waals surface area contributed by atoms with Crippen LogP contribution in [0, 0.1) is 6.92 Å². The summed E-state index contributed by atoms with van der Waals surface area (Å²) < 4.78 is 5.93. The van der Waals surface area contributed by atoms with Gasteiger partial charge in [0.15, 0.2) is 4.96 Å².